The van der Waals surface area contributed by atoms with Gasteiger partial charge in [-0.2, -0.15) is 0 Å². The molecule has 4 nitrogen and oxygen atoms in total. The number of carbonyl (C=O) groups is 1. The first kappa shape index (κ1) is 13.4. The van der Waals surface area contributed by atoms with Crippen molar-refractivity contribution in [3.8, 4) is 5.75 Å². The molecule has 1 aromatic carbocycles. The maximum absolute atomic E-state index is 12.6. The van der Waals surface area contributed by atoms with Crippen molar-refractivity contribution in [2.45, 2.75) is 19.4 Å². The number of ether oxygens (including phenoxy) is 1. The molecule has 20 heavy (non-hydrogen) atoms. The number of carbonyl (C=O) groups excluding carboxylic acids is 1. The predicted molar refractivity (Wildman–Crippen MR) is 81.6 cm³/mol. The Morgan fingerprint density at radius 1 is 1.50 bits per heavy atom. The van der Waals surface area contributed by atoms with Crippen LogP contribution in [0.4, 0.5) is 0 Å². The first-order valence-corrected chi connectivity index (χ1v) is 7.54. The minimum Gasteiger partial charge on any atom is -0.497 e. The normalized spacial score (nSPS) is 18.8. The van der Waals surface area contributed by atoms with Crippen molar-refractivity contribution >= 4 is 27.3 Å². The van der Waals surface area contributed by atoms with Crippen LogP contribution < -0.4 is 10.5 Å². The number of nitrogens with zero attached hydrogens (tertiary/aromatic N) is 1. The van der Waals surface area contributed by atoms with Gasteiger partial charge in [0.15, 0.2) is 0 Å². The highest BCUT2D eigenvalue weighted by Crippen LogP contribution is 2.34. The van der Waals surface area contributed by atoms with Crippen LogP contribution in [0.15, 0.2) is 18.2 Å². The Morgan fingerprint density at radius 3 is 2.95 bits per heavy atom. The van der Waals surface area contributed by atoms with Gasteiger partial charge in [0, 0.05) is 23.8 Å². The van der Waals surface area contributed by atoms with Crippen LogP contribution in [-0.2, 0) is 0 Å². The van der Waals surface area contributed by atoms with Crippen molar-refractivity contribution < 1.29 is 9.53 Å². The van der Waals surface area contributed by atoms with Gasteiger partial charge in [-0.1, -0.05) is 0 Å². The van der Waals surface area contributed by atoms with Crippen molar-refractivity contribution in [3.05, 3.63) is 28.6 Å². The van der Waals surface area contributed by atoms with Crippen molar-refractivity contribution in [1.29, 1.82) is 0 Å². The van der Waals surface area contributed by atoms with Crippen LogP contribution in [0, 0.1) is 6.92 Å². The summed E-state index contributed by atoms with van der Waals surface area (Å²) < 4.78 is 6.37. The summed E-state index contributed by atoms with van der Waals surface area (Å²) in [5, 5.41) is 1.10. The van der Waals surface area contributed by atoms with Gasteiger partial charge in [0.05, 0.1) is 12.0 Å². The third-order valence-electron chi connectivity index (χ3n) is 3.85. The van der Waals surface area contributed by atoms with E-state index in [1.807, 2.05) is 30.0 Å². The zero-order chi connectivity index (χ0) is 14.3. The smallest absolute Gasteiger partial charge is 0.264 e. The molecule has 1 saturated heterocycles. The molecule has 5 heteroatoms. The predicted octanol–water partition coefficient (Wildman–Crippen LogP) is 2.39. The van der Waals surface area contributed by atoms with E-state index in [-0.39, 0.29) is 11.9 Å². The van der Waals surface area contributed by atoms with Gasteiger partial charge in [0.2, 0.25) is 0 Å². The molecule has 3 rings (SSSR count). The standard InChI is InChI=1S/C15H18N2O2S/c1-9-12-7-11(19-2)3-4-13(12)20-14(9)15(18)17-6-5-10(16)8-17/h3-4,7,10H,5-6,8,16H2,1-2H3/t10-/m0/s1. The number of methoxy groups -OCH3 is 1. The SMILES string of the molecule is COc1ccc2sc(C(=O)N3CC[C@H](N)C3)c(C)c2c1. The van der Waals surface area contributed by atoms with Gasteiger partial charge in [0.1, 0.15) is 5.75 Å². The Labute approximate surface area is 122 Å². The number of aryl methyl sites for hydroxylation is 1. The zero-order valence-corrected chi connectivity index (χ0v) is 12.5. The number of hydrogen-bond donors (Lipinski definition) is 1. The summed E-state index contributed by atoms with van der Waals surface area (Å²) in [6, 6.07) is 6.05. The summed E-state index contributed by atoms with van der Waals surface area (Å²) >= 11 is 1.55. The Kier molecular flexibility index (Phi) is 3.40. The molecule has 0 saturated carbocycles. The maximum Gasteiger partial charge on any atom is 0.264 e. The lowest BCUT2D eigenvalue weighted by Crippen LogP contribution is -2.31. The molecule has 2 aromatic rings. The first-order valence-electron chi connectivity index (χ1n) is 6.72. The number of fused-ring (bicyclic) bond motifs is 1. The van der Waals surface area contributed by atoms with Gasteiger partial charge in [-0.15, -0.1) is 11.3 Å². The molecular formula is C15H18N2O2S. The lowest BCUT2D eigenvalue weighted by atomic mass is 10.1. The van der Waals surface area contributed by atoms with E-state index in [9.17, 15) is 4.79 Å². The number of thiophene rings is 1. The minimum atomic E-state index is 0.107. The van der Waals surface area contributed by atoms with Crippen molar-refractivity contribution in [1.82, 2.24) is 4.90 Å². The van der Waals surface area contributed by atoms with Gasteiger partial charge in [-0.25, -0.2) is 0 Å². The van der Waals surface area contributed by atoms with E-state index in [1.54, 1.807) is 18.4 Å². The molecule has 2 heterocycles. The van der Waals surface area contributed by atoms with Crippen LogP contribution in [0.5, 0.6) is 5.75 Å². The Morgan fingerprint density at radius 2 is 2.30 bits per heavy atom. The molecular weight excluding hydrogens is 272 g/mol. The van der Waals surface area contributed by atoms with E-state index in [1.165, 1.54) is 0 Å². The summed E-state index contributed by atoms with van der Waals surface area (Å²) in [4.78, 5) is 15.3. The van der Waals surface area contributed by atoms with Crippen LogP contribution in [0.2, 0.25) is 0 Å². The number of benzene rings is 1. The zero-order valence-electron chi connectivity index (χ0n) is 11.7. The molecule has 1 atom stereocenters. The number of hydrogen-bond acceptors (Lipinski definition) is 4. The minimum absolute atomic E-state index is 0.107. The van der Waals surface area contributed by atoms with E-state index in [2.05, 4.69) is 0 Å². The molecule has 1 aromatic heterocycles. The summed E-state index contributed by atoms with van der Waals surface area (Å²) in [6.07, 6.45) is 0.892. The maximum atomic E-state index is 12.6. The second kappa shape index (κ2) is 5.07. The topological polar surface area (TPSA) is 55.6 Å². The molecule has 0 bridgehead atoms. The summed E-state index contributed by atoms with van der Waals surface area (Å²) in [5.41, 5.74) is 6.92. The molecule has 106 valence electrons. The third kappa shape index (κ3) is 2.17. The number of rotatable bonds is 2. The lowest BCUT2D eigenvalue weighted by Gasteiger charge is -2.15. The highest BCUT2D eigenvalue weighted by Gasteiger charge is 2.27. The van der Waals surface area contributed by atoms with Crippen molar-refractivity contribution in [2.75, 3.05) is 20.2 Å². The van der Waals surface area contributed by atoms with Gasteiger partial charge in [-0.3, -0.25) is 4.79 Å². The Hall–Kier alpha value is -1.59. The molecule has 0 aliphatic carbocycles. The van der Waals surface area contributed by atoms with Crippen molar-refractivity contribution in [3.63, 3.8) is 0 Å². The van der Waals surface area contributed by atoms with Gasteiger partial charge in [-0.05, 0) is 42.5 Å². The summed E-state index contributed by atoms with van der Waals surface area (Å²) in [6.45, 7) is 3.42. The average molecular weight is 290 g/mol. The van der Waals surface area contributed by atoms with Crippen LogP contribution in [0.1, 0.15) is 21.7 Å². The van der Waals surface area contributed by atoms with E-state index in [0.717, 1.165) is 39.2 Å². The highest BCUT2D eigenvalue weighted by atomic mass is 32.1. The Balaban J connectivity index is 1.99. The van der Waals surface area contributed by atoms with E-state index < -0.39 is 0 Å². The van der Waals surface area contributed by atoms with Crippen LogP contribution in [0.25, 0.3) is 10.1 Å². The average Bonchev–Trinajstić information content (AvgIpc) is 3.02. The van der Waals surface area contributed by atoms with Crippen molar-refractivity contribution in [2.24, 2.45) is 5.73 Å². The highest BCUT2D eigenvalue weighted by molar-refractivity contribution is 7.21. The molecule has 1 amide bonds. The van der Waals surface area contributed by atoms with Gasteiger partial charge < -0.3 is 15.4 Å². The summed E-state index contributed by atoms with van der Waals surface area (Å²) in [5.74, 6) is 0.927. The molecule has 0 unspecified atom stereocenters. The van der Waals surface area contributed by atoms with Gasteiger partial charge >= 0.3 is 0 Å². The van der Waals surface area contributed by atoms with Crippen LogP contribution in [-0.4, -0.2) is 37.0 Å². The fourth-order valence-electron chi connectivity index (χ4n) is 2.65. The fourth-order valence-corrected chi connectivity index (χ4v) is 3.80. The Bertz CT molecular complexity index is 665. The monoisotopic (exact) mass is 290 g/mol. The largest absolute Gasteiger partial charge is 0.497 e. The third-order valence-corrected chi connectivity index (χ3v) is 5.11. The number of likely N-dealkylation sites (tertiary alicyclic amines) is 1. The van der Waals surface area contributed by atoms with Crippen LogP contribution in [0.3, 0.4) is 0 Å². The molecule has 2 N–H and O–H groups in total. The number of amides is 1. The molecule has 1 aliphatic heterocycles. The van der Waals surface area contributed by atoms with Crippen LogP contribution >= 0.6 is 11.3 Å². The van der Waals surface area contributed by atoms with E-state index in [0.29, 0.717) is 6.54 Å². The van der Waals surface area contributed by atoms with Gasteiger partial charge in [0.25, 0.3) is 5.91 Å². The second-order valence-electron chi connectivity index (χ2n) is 5.22. The van der Waals surface area contributed by atoms with E-state index in [4.69, 9.17) is 10.5 Å². The molecule has 1 aliphatic rings. The quantitative estimate of drug-likeness (QED) is 0.924. The summed E-state index contributed by atoms with van der Waals surface area (Å²) in [7, 11) is 1.65. The molecule has 1 fully saturated rings. The lowest BCUT2D eigenvalue weighted by molar-refractivity contribution is 0.0795. The molecule has 0 radical (unpaired) electrons. The molecule has 0 spiro atoms. The first-order chi connectivity index (χ1) is 9.60. The fraction of sp³-hybridized carbons (Fsp3) is 0.400. The second-order valence-corrected chi connectivity index (χ2v) is 6.27. The number of nitrogens with two attached hydrogens (primary N) is 1. The van der Waals surface area contributed by atoms with E-state index >= 15 is 0 Å².